The van der Waals surface area contributed by atoms with Crippen molar-refractivity contribution >= 4 is 48.9 Å². The number of nitrogens with zero attached hydrogens (tertiary/aromatic N) is 1. The third-order valence-electron chi connectivity index (χ3n) is 4.35. The fourth-order valence-electron chi connectivity index (χ4n) is 3.10. The largest absolute Gasteiger partial charge is 0.354 e. The van der Waals surface area contributed by atoms with Crippen LogP contribution < -0.4 is 0 Å². The van der Waals surface area contributed by atoms with Crippen molar-refractivity contribution < 1.29 is 0 Å². The minimum absolute atomic E-state index is 1.05. The Bertz CT molecular complexity index is 1160. The number of fused-ring (bicyclic) bond motifs is 4. The van der Waals surface area contributed by atoms with Gasteiger partial charge in [0.1, 0.15) is 5.01 Å². The van der Waals surface area contributed by atoms with Gasteiger partial charge in [0.2, 0.25) is 0 Å². The summed E-state index contributed by atoms with van der Waals surface area (Å²) >= 11 is 1.76. The van der Waals surface area contributed by atoms with Crippen molar-refractivity contribution in [3.8, 4) is 0 Å². The van der Waals surface area contributed by atoms with Crippen LogP contribution in [0.3, 0.4) is 0 Å². The zero-order valence-corrected chi connectivity index (χ0v) is 15.4. The summed E-state index contributed by atoms with van der Waals surface area (Å²) in [7, 11) is 0. The van der Waals surface area contributed by atoms with Gasteiger partial charge in [-0.3, -0.25) is 0 Å². The zero-order chi connectivity index (χ0) is 17.4. The van der Waals surface area contributed by atoms with Crippen LogP contribution in [0.5, 0.6) is 0 Å². The van der Waals surface area contributed by atoms with Crippen molar-refractivity contribution in [2.75, 3.05) is 0 Å². The van der Waals surface area contributed by atoms with Gasteiger partial charge in [0, 0.05) is 27.4 Å². The first-order valence-corrected chi connectivity index (χ1v) is 9.27. The molecule has 0 bridgehead atoms. The van der Waals surface area contributed by atoms with Crippen molar-refractivity contribution in [1.82, 2.24) is 9.97 Å². The molecule has 0 saturated carbocycles. The lowest BCUT2D eigenvalue weighted by molar-refractivity contribution is 1.36. The predicted octanol–water partition coefficient (Wildman–Crippen LogP) is 6.86. The standard InChI is InChI=1S/C22H20N2S/c1-4-5-6-9-15(14(2)3)22-24-20-13-19-17(12-21(20)25-22)16-10-7-8-11-18(16)23-19/h4-13,23H,1-3H3/b5-4-,9-6-. The monoisotopic (exact) mass is 344 g/mol. The number of H-pyrrole nitrogens is 1. The number of hydrogen-bond acceptors (Lipinski definition) is 2. The summed E-state index contributed by atoms with van der Waals surface area (Å²) in [5.41, 5.74) is 5.85. The molecule has 2 aromatic heterocycles. The molecule has 0 saturated heterocycles. The summed E-state index contributed by atoms with van der Waals surface area (Å²) < 4.78 is 1.23. The van der Waals surface area contributed by atoms with E-state index in [4.69, 9.17) is 4.98 Å². The topological polar surface area (TPSA) is 28.7 Å². The van der Waals surface area contributed by atoms with Crippen LogP contribution >= 0.6 is 11.3 Å². The molecule has 2 heterocycles. The smallest absolute Gasteiger partial charge is 0.124 e. The van der Waals surface area contributed by atoms with E-state index in [0.717, 1.165) is 16.0 Å². The SMILES string of the molecule is C/C=C\C=C/C(=C(C)C)c1nc2cc3[nH]c4ccccc4c3cc2s1. The van der Waals surface area contributed by atoms with Gasteiger partial charge in [-0.1, -0.05) is 48.1 Å². The van der Waals surface area contributed by atoms with Crippen molar-refractivity contribution in [2.45, 2.75) is 20.8 Å². The van der Waals surface area contributed by atoms with E-state index >= 15 is 0 Å². The van der Waals surface area contributed by atoms with Gasteiger partial charge in [0.15, 0.2) is 0 Å². The van der Waals surface area contributed by atoms with Crippen molar-refractivity contribution in [2.24, 2.45) is 0 Å². The van der Waals surface area contributed by atoms with Crippen LogP contribution in [0.15, 0.2) is 66.3 Å². The molecule has 0 amide bonds. The molecule has 4 rings (SSSR count). The molecule has 0 atom stereocenters. The molecule has 0 aliphatic rings. The lowest BCUT2D eigenvalue weighted by Crippen LogP contribution is -1.82. The summed E-state index contributed by atoms with van der Waals surface area (Å²) in [5.74, 6) is 0. The molecule has 0 aliphatic heterocycles. The third-order valence-corrected chi connectivity index (χ3v) is 5.40. The summed E-state index contributed by atoms with van der Waals surface area (Å²) in [6, 6.07) is 12.9. The molecule has 4 aromatic rings. The summed E-state index contributed by atoms with van der Waals surface area (Å²) in [4.78, 5) is 8.40. The molecule has 124 valence electrons. The van der Waals surface area contributed by atoms with Gasteiger partial charge < -0.3 is 4.98 Å². The number of hydrogen-bond donors (Lipinski definition) is 1. The molecular weight excluding hydrogens is 324 g/mol. The highest BCUT2D eigenvalue weighted by molar-refractivity contribution is 7.19. The molecule has 25 heavy (non-hydrogen) atoms. The van der Waals surface area contributed by atoms with E-state index in [1.54, 1.807) is 11.3 Å². The normalized spacial score (nSPS) is 12.3. The molecule has 0 spiro atoms. The lowest BCUT2D eigenvalue weighted by Gasteiger charge is -1.99. The Morgan fingerprint density at radius 1 is 1.04 bits per heavy atom. The first-order valence-electron chi connectivity index (χ1n) is 8.45. The lowest BCUT2D eigenvalue weighted by atomic mass is 10.1. The predicted molar refractivity (Wildman–Crippen MR) is 111 cm³/mol. The third kappa shape index (κ3) is 2.81. The van der Waals surface area contributed by atoms with Crippen molar-refractivity contribution in [3.05, 3.63) is 71.3 Å². The maximum Gasteiger partial charge on any atom is 0.124 e. The second-order valence-electron chi connectivity index (χ2n) is 6.35. The number of allylic oxidation sites excluding steroid dienone is 6. The molecule has 0 fully saturated rings. The Balaban J connectivity index is 1.90. The van der Waals surface area contributed by atoms with Crippen LogP contribution in [0.2, 0.25) is 0 Å². The Morgan fingerprint density at radius 2 is 1.88 bits per heavy atom. The van der Waals surface area contributed by atoms with Crippen LogP contribution in [0.4, 0.5) is 0 Å². The number of nitrogens with one attached hydrogen (secondary N) is 1. The molecule has 2 aromatic carbocycles. The fourth-order valence-corrected chi connectivity index (χ4v) is 4.22. The van der Waals surface area contributed by atoms with E-state index in [9.17, 15) is 0 Å². The number of para-hydroxylation sites is 1. The van der Waals surface area contributed by atoms with E-state index in [2.05, 4.69) is 67.4 Å². The first kappa shape index (κ1) is 15.9. The highest BCUT2D eigenvalue weighted by atomic mass is 32.1. The van der Waals surface area contributed by atoms with Crippen molar-refractivity contribution in [3.63, 3.8) is 0 Å². The molecular formula is C22H20N2S. The zero-order valence-electron chi connectivity index (χ0n) is 14.6. The number of rotatable bonds is 3. The van der Waals surface area contributed by atoms with Gasteiger partial charge in [-0.05, 0) is 39.0 Å². The van der Waals surface area contributed by atoms with Crippen LogP contribution in [-0.4, -0.2) is 9.97 Å². The fraction of sp³-hybridized carbons (Fsp3) is 0.136. The Morgan fingerprint density at radius 3 is 2.68 bits per heavy atom. The minimum atomic E-state index is 1.05. The van der Waals surface area contributed by atoms with E-state index < -0.39 is 0 Å². The number of aromatic nitrogens is 2. The molecule has 2 nitrogen and oxygen atoms in total. The van der Waals surface area contributed by atoms with E-state index in [1.807, 2.05) is 19.1 Å². The molecule has 0 radical (unpaired) electrons. The van der Waals surface area contributed by atoms with Crippen molar-refractivity contribution in [1.29, 1.82) is 0 Å². The average Bonchev–Trinajstić information content (AvgIpc) is 3.16. The number of thiazole rings is 1. The Labute approximate surface area is 151 Å². The summed E-state index contributed by atoms with van der Waals surface area (Å²) in [5, 5.41) is 3.61. The van der Waals surface area contributed by atoms with Gasteiger partial charge >= 0.3 is 0 Å². The average molecular weight is 344 g/mol. The van der Waals surface area contributed by atoms with Crippen LogP contribution in [0.25, 0.3) is 37.6 Å². The van der Waals surface area contributed by atoms with E-state index in [-0.39, 0.29) is 0 Å². The van der Waals surface area contributed by atoms with Crippen LogP contribution in [0, 0.1) is 0 Å². The second kappa shape index (κ2) is 6.34. The molecule has 1 N–H and O–H groups in total. The maximum atomic E-state index is 4.90. The second-order valence-corrected chi connectivity index (χ2v) is 7.38. The summed E-state index contributed by atoms with van der Waals surface area (Å²) in [6.45, 7) is 6.30. The van der Waals surface area contributed by atoms with Crippen LogP contribution in [0.1, 0.15) is 25.8 Å². The number of aromatic amines is 1. The Hall–Kier alpha value is -2.65. The molecule has 3 heteroatoms. The summed E-state index contributed by atoms with van der Waals surface area (Å²) in [6.07, 6.45) is 8.30. The van der Waals surface area contributed by atoms with Gasteiger partial charge in [0.05, 0.1) is 10.2 Å². The van der Waals surface area contributed by atoms with Gasteiger partial charge in [-0.25, -0.2) is 4.98 Å². The first-order chi connectivity index (χ1) is 12.2. The van der Waals surface area contributed by atoms with Gasteiger partial charge in [-0.2, -0.15) is 0 Å². The minimum Gasteiger partial charge on any atom is -0.354 e. The highest BCUT2D eigenvalue weighted by Crippen LogP contribution is 2.34. The molecule has 0 aliphatic carbocycles. The Kier molecular flexibility index (Phi) is 4.02. The van der Waals surface area contributed by atoms with E-state index in [0.29, 0.717) is 0 Å². The quantitative estimate of drug-likeness (QED) is 0.404. The maximum absolute atomic E-state index is 4.90. The highest BCUT2D eigenvalue weighted by Gasteiger charge is 2.11. The van der Waals surface area contributed by atoms with Gasteiger partial charge in [-0.15, -0.1) is 11.3 Å². The van der Waals surface area contributed by atoms with E-state index in [1.165, 1.54) is 32.1 Å². The number of benzene rings is 2. The molecule has 0 unspecified atom stereocenters. The van der Waals surface area contributed by atoms with Crippen LogP contribution in [-0.2, 0) is 0 Å². The van der Waals surface area contributed by atoms with Gasteiger partial charge in [0.25, 0.3) is 0 Å².